The number of dihydropyridines is 1. The Labute approximate surface area is 212 Å². The van der Waals surface area contributed by atoms with E-state index in [0.29, 0.717) is 34.7 Å². The van der Waals surface area contributed by atoms with E-state index in [2.05, 4.69) is 21.2 Å². The van der Waals surface area contributed by atoms with Crippen LogP contribution in [0.4, 0.5) is 0 Å². The van der Waals surface area contributed by atoms with Gasteiger partial charge in [0.2, 0.25) is 0 Å². The zero-order valence-corrected chi connectivity index (χ0v) is 21.5. The normalized spacial score (nSPS) is 21.7. The smallest absolute Gasteiger partial charge is 0.336 e. The Kier molecular flexibility index (Phi) is 7.12. The number of halogens is 1. The summed E-state index contributed by atoms with van der Waals surface area (Å²) < 4.78 is 16.2. The fourth-order valence-electron chi connectivity index (χ4n) is 5.00. The number of rotatable bonds is 5. The molecule has 4 rings (SSSR count). The highest BCUT2D eigenvalue weighted by Gasteiger charge is 2.49. The Bertz CT molecular complexity index is 1250. The molecule has 1 aliphatic heterocycles. The summed E-state index contributed by atoms with van der Waals surface area (Å²) in [4.78, 5) is 40.0. The Balaban J connectivity index is 1.90. The molecule has 2 aliphatic rings. The number of hydrogen-bond acceptors (Lipinski definition) is 7. The van der Waals surface area contributed by atoms with Crippen molar-refractivity contribution in [3.8, 4) is 5.75 Å². The van der Waals surface area contributed by atoms with E-state index >= 15 is 0 Å². The van der Waals surface area contributed by atoms with Gasteiger partial charge in [-0.3, -0.25) is 9.59 Å². The van der Waals surface area contributed by atoms with Crippen molar-refractivity contribution in [2.45, 2.75) is 25.2 Å². The third kappa shape index (κ3) is 4.38. The molecule has 3 atom stereocenters. The topological polar surface area (TPSA) is 90.9 Å². The summed E-state index contributed by atoms with van der Waals surface area (Å²) in [5.41, 5.74) is 3.55. The van der Waals surface area contributed by atoms with Crippen molar-refractivity contribution in [1.82, 2.24) is 5.32 Å². The third-order valence-corrected chi connectivity index (χ3v) is 7.36. The first-order valence-corrected chi connectivity index (χ1v) is 11.9. The lowest BCUT2D eigenvalue weighted by Gasteiger charge is -2.39. The molecule has 2 aromatic rings. The number of Topliss-reactive ketones (excluding diaryl/α,β-unsaturated/α-hetero) is 1. The van der Waals surface area contributed by atoms with E-state index in [0.717, 1.165) is 15.6 Å². The van der Waals surface area contributed by atoms with Gasteiger partial charge in [0.15, 0.2) is 5.78 Å². The van der Waals surface area contributed by atoms with E-state index in [1.807, 2.05) is 36.4 Å². The second kappa shape index (κ2) is 10.1. The number of hydrogen-bond donors (Lipinski definition) is 1. The lowest BCUT2D eigenvalue weighted by Crippen LogP contribution is -2.43. The lowest BCUT2D eigenvalue weighted by molar-refractivity contribution is -0.150. The molecule has 0 saturated heterocycles. The minimum atomic E-state index is -1.06. The van der Waals surface area contributed by atoms with E-state index in [4.69, 9.17) is 14.2 Å². The van der Waals surface area contributed by atoms with Crippen LogP contribution >= 0.6 is 15.9 Å². The summed E-state index contributed by atoms with van der Waals surface area (Å²) in [7, 11) is 4.16. The number of carbonyl (C=O) groups excluding carboxylic acids is 3. The molecule has 0 saturated carbocycles. The Morgan fingerprint density at radius 3 is 2.29 bits per heavy atom. The molecule has 8 heteroatoms. The number of methoxy groups -OCH3 is 3. The SMILES string of the molecule is COC(=O)C1=C(C)NC2=C(C(=O)C(C(=O)OC)C(c3ccc(OC)cc3)C2)C1c1ccccc1Br. The van der Waals surface area contributed by atoms with Crippen molar-refractivity contribution < 1.29 is 28.6 Å². The number of carbonyl (C=O) groups is 3. The summed E-state index contributed by atoms with van der Waals surface area (Å²) in [6.07, 6.45) is 0.389. The van der Waals surface area contributed by atoms with Crippen molar-refractivity contribution in [2.75, 3.05) is 21.3 Å². The van der Waals surface area contributed by atoms with E-state index in [-0.39, 0.29) is 5.78 Å². The zero-order valence-electron chi connectivity index (χ0n) is 19.9. The van der Waals surface area contributed by atoms with E-state index in [1.165, 1.54) is 14.2 Å². The summed E-state index contributed by atoms with van der Waals surface area (Å²) in [5.74, 6) is -3.06. The van der Waals surface area contributed by atoms with Crippen LogP contribution in [0.25, 0.3) is 0 Å². The van der Waals surface area contributed by atoms with Gasteiger partial charge in [0.1, 0.15) is 11.7 Å². The largest absolute Gasteiger partial charge is 0.497 e. The van der Waals surface area contributed by atoms with Crippen molar-refractivity contribution in [3.05, 3.63) is 86.7 Å². The molecule has 1 aliphatic carbocycles. The molecule has 0 amide bonds. The summed E-state index contributed by atoms with van der Waals surface area (Å²) in [5, 5.41) is 3.28. The summed E-state index contributed by atoms with van der Waals surface area (Å²) in [6.45, 7) is 1.79. The Morgan fingerprint density at radius 1 is 1.00 bits per heavy atom. The first-order chi connectivity index (χ1) is 16.8. The molecule has 182 valence electrons. The molecule has 0 bridgehead atoms. The minimum absolute atomic E-state index is 0.331. The average Bonchev–Trinajstić information content (AvgIpc) is 2.87. The van der Waals surface area contributed by atoms with E-state index in [9.17, 15) is 14.4 Å². The minimum Gasteiger partial charge on any atom is -0.497 e. The van der Waals surface area contributed by atoms with Gasteiger partial charge in [0, 0.05) is 33.3 Å². The highest BCUT2D eigenvalue weighted by molar-refractivity contribution is 9.10. The number of nitrogens with one attached hydrogen (secondary N) is 1. The van der Waals surface area contributed by atoms with Crippen LogP contribution in [-0.4, -0.2) is 39.1 Å². The first kappa shape index (κ1) is 24.7. The Morgan fingerprint density at radius 2 is 1.69 bits per heavy atom. The van der Waals surface area contributed by atoms with Crippen LogP contribution in [0, 0.1) is 5.92 Å². The van der Waals surface area contributed by atoms with Gasteiger partial charge in [-0.2, -0.15) is 0 Å². The molecular weight excluding hydrogens is 514 g/mol. The molecule has 7 nitrogen and oxygen atoms in total. The highest BCUT2D eigenvalue weighted by Crippen LogP contribution is 2.49. The van der Waals surface area contributed by atoms with Crippen molar-refractivity contribution in [1.29, 1.82) is 0 Å². The Hall–Kier alpha value is -3.39. The maximum atomic E-state index is 14.1. The van der Waals surface area contributed by atoms with Crippen LogP contribution in [0.1, 0.15) is 36.3 Å². The lowest BCUT2D eigenvalue weighted by atomic mass is 9.67. The number of ketones is 1. The maximum absolute atomic E-state index is 14.1. The molecule has 1 heterocycles. The number of allylic oxidation sites excluding steroid dienone is 3. The van der Waals surface area contributed by atoms with Crippen LogP contribution in [0.5, 0.6) is 5.75 Å². The molecule has 1 N–H and O–H groups in total. The zero-order chi connectivity index (χ0) is 25.3. The fraction of sp³-hybridized carbons (Fsp3) is 0.296. The van der Waals surface area contributed by atoms with Gasteiger partial charge in [-0.15, -0.1) is 0 Å². The van der Waals surface area contributed by atoms with Crippen LogP contribution in [0.15, 0.2) is 75.5 Å². The molecular formula is C27H26BrNO6. The second-order valence-corrected chi connectivity index (χ2v) is 9.31. The standard InChI is InChI=1S/C27H26BrNO6/c1-14-21(26(31)34-3)22(17-7-5-6-8-19(17)28)24-20(29-14)13-18(23(25(24)30)27(32)35-4)15-9-11-16(33-2)12-10-15/h5-12,18,22-23,29H,13H2,1-4H3. The molecule has 2 aromatic carbocycles. The quantitative estimate of drug-likeness (QED) is 0.445. The van der Waals surface area contributed by atoms with Gasteiger partial charge in [-0.1, -0.05) is 46.3 Å². The van der Waals surface area contributed by atoms with Crippen LogP contribution < -0.4 is 10.1 Å². The molecule has 0 spiro atoms. The molecule has 35 heavy (non-hydrogen) atoms. The maximum Gasteiger partial charge on any atom is 0.336 e. The van der Waals surface area contributed by atoms with Crippen molar-refractivity contribution in [3.63, 3.8) is 0 Å². The van der Waals surface area contributed by atoms with Gasteiger partial charge in [-0.25, -0.2) is 4.79 Å². The monoisotopic (exact) mass is 539 g/mol. The number of ether oxygens (including phenoxy) is 3. The predicted molar refractivity (Wildman–Crippen MR) is 133 cm³/mol. The summed E-state index contributed by atoms with van der Waals surface area (Å²) in [6, 6.07) is 14.7. The molecule has 3 unspecified atom stereocenters. The highest BCUT2D eigenvalue weighted by atomic mass is 79.9. The molecule has 0 radical (unpaired) electrons. The molecule has 0 fully saturated rings. The van der Waals surface area contributed by atoms with Crippen LogP contribution in [0.2, 0.25) is 0 Å². The fourth-order valence-corrected chi connectivity index (χ4v) is 5.51. The predicted octanol–water partition coefficient (Wildman–Crippen LogP) is 4.39. The van der Waals surface area contributed by atoms with E-state index in [1.54, 1.807) is 26.2 Å². The number of benzene rings is 2. The second-order valence-electron chi connectivity index (χ2n) is 8.45. The van der Waals surface area contributed by atoms with Crippen molar-refractivity contribution >= 4 is 33.7 Å². The molecule has 0 aromatic heterocycles. The van der Waals surface area contributed by atoms with Crippen LogP contribution in [0.3, 0.4) is 0 Å². The summed E-state index contributed by atoms with van der Waals surface area (Å²) >= 11 is 3.57. The first-order valence-electron chi connectivity index (χ1n) is 11.1. The van der Waals surface area contributed by atoms with E-state index < -0.39 is 29.7 Å². The van der Waals surface area contributed by atoms with Crippen LogP contribution in [-0.2, 0) is 23.9 Å². The average molecular weight is 540 g/mol. The van der Waals surface area contributed by atoms with Crippen molar-refractivity contribution in [2.24, 2.45) is 5.92 Å². The van der Waals surface area contributed by atoms with Gasteiger partial charge >= 0.3 is 11.9 Å². The van der Waals surface area contributed by atoms with Gasteiger partial charge < -0.3 is 19.5 Å². The third-order valence-electron chi connectivity index (χ3n) is 6.64. The van der Waals surface area contributed by atoms with Gasteiger partial charge in [0.05, 0.1) is 26.9 Å². The number of esters is 2. The van der Waals surface area contributed by atoms with Gasteiger partial charge in [0.25, 0.3) is 0 Å². The van der Waals surface area contributed by atoms with Gasteiger partial charge in [-0.05, 0) is 42.7 Å².